The van der Waals surface area contributed by atoms with Gasteiger partial charge < -0.3 is 19.3 Å². The van der Waals surface area contributed by atoms with Gasteiger partial charge in [0.05, 0.1) is 20.3 Å². The highest BCUT2D eigenvalue weighted by Crippen LogP contribution is 2.34. The van der Waals surface area contributed by atoms with Gasteiger partial charge in [0.1, 0.15) is 0 Å². The number of hydrogen-bond donors (Lipinski definition) is 0. The van der Waals surface area contributed by atoms with Crippen LogP contribution in [0.1, 0.15) is 12.0 Å². The number of ether oxygens (including phenoxy) is 2. The second-order valence-electron chi connectivity index (χ2n) is 7.76. The van der Waals surface area contributed by atoms with Crippen LogP contribution in [0.2, 0.25) is 0 Å². The number of likely N-dealkylation sites (N-methyl/N-ethyl adjacent to an activating group) is 1. The zero-order valence-corrected chi connectivity index (χ0v) is 15.9. The first-order valence-electron chi connectivity index (χ1n) is 9.25. The molecule has 0 aliphatic carbocycles. The van der Waals surface area contributed by atoms with E-state index in [1.54, 1.807) is 13.3 Å². The summed E-state index contributed by atoms with van der Waals surface area (Å²) < 4.78 is 11.4. The zero-order chi connectivity index (χ0) is 17.7. The predicted octanol–water partition coefficient (Wildman–Crippen LogP) is 1.18. The monoisotopic (exact) mass is 348 g/mol. The van der Waals surface area contributed by atoms with Crippen LogP contribution in [-0.2, 0) is 11.3 Å². The Labute approximate surface area is 151 Å². The number of likely N-dealkylation sites (tertiary alicyclic amines) is 1. The van der Waals surface area contributed by atoms with E-state index in [1.807, 2.05) is 6.07 Å². The molecule has 140 valence electrons. The molecule has 1 aromatic rings. The van der Waals surface area contributed by atoms with Gasteiger partial charge in [-0.05, 0) is 33.1 Å². The molecular weight excluding hydrogens is 316 g/mol. The Balaban J connectivity index is 1.63. The van der Waals surface area contributed by atoms with E-state index in [9.17, 15) is 0 Å². The summed E-state index contributed by atoms with van der Waals surface area (Å²) in [5.74, 6) is 0.737. The Morgan fingerprint density at radius 3 is 2.92 bits per heavy atom. The maximum atomic E-state index is 6.01. The van der Waals surface area contributed by atoms with Crippen molar-refractivity contribution in [3.8, 4) is 5.88 Å². The minimum absolute atomic E-state index is 0.262. The number of methoxy groups -OCH3 is 1. The van der Waals surface area contributed by atoms with Gasteiger partial charge in [-0.2, -0.15) is 0 Å². The molecule has 6 nitrogen and oxygen atoms in total. The SMILES string of the molecule is COc1ncccc1CN1CCOC[C@@]2(CCN(CCN(C)C)C2)C1. The summed E-state index contributed by atoms with van der Waals surface area (Å²) in [5.41, 5.74) is 1.42. The second-order valence-corrected chi connectivity index (χ2v) is 7.76. The highest BCUT2D eigenvalue weighted by atomic mass is 16.5. The third-order valence-corrected chi connectivity index (χ3v) is 5.34. The number of hydrogen-bond acceptors (Lipinski definition) is 6. The molecule has 3 heterocycles. The summed E-state index contributed by atoms with van der Waals surface area (Å²) >= 11 is 0. The lowest BCUT2D eigenvalue weighted by Crippen LogP contribution is -2.41. The van der Waals surface area contributed by atoms with Crippen LogP contribution >= 0.6 is 0 Å². The molecule has 1 atom stereocenters. The smallest absolute Gasteiger partial charge is 0.217 e. The first-order valence-corrected chi connectivity index (χ1v) is 9.25. The Hall–Kier alpha value is -1.21. The van der Waals surface area contributed by atoms with Crippen molar-refractivity contribution in [2.45, 2.75) is 13.0 Å². The minimum Gasteiger partial charge on any atom is -0.481 e. The molecule has 6 heteroatoms. The minimum atomic E-state index is 0.262. The fourth-order valence-corrected chi connectivity index (χ4v) is 3.99. The Bertz CT molecular complexity index is 554. The van der Waals surface area contributed by atoms with Crippen molar-refractivity contribution in [3.05, 3.63) is 23.9 Å². The van der Waals surface area contributed by atoms with Crippen LogP contribution in [-0.4, -0.2) is 93.4 Å². The van der Waals surface area contributed by atoms with Crippen molar-refractivity contribution in [2.24, 2.45) is 5.41 Å². The maximum absolute atomic E-state index is 6.01. The van der Waals surface area contributed by atoms with Crippen LogP contribution in [0, 0.1) is 5.41 Å². The van der Waals surface area contributed by atoms with Crippen LogP contribution in [0.15, 0.2) is 18.3 Å². The lowest BCUT2D eigenvalue weighted by atomic mass is 9.87. The standard InChI is InChI=1S/C19H32N4O2/c1-21(2)9-10-22-8-6-19(14-22)15-23(11-12-25-16-19)13-17-5-4-7-20-18(17)24-3/h4-5,7H,6,8-16H2,1-3H3/t19-/m1/s1. The number of nitrogens with zero attached hydrogens (tertiary/aromatic N) is 4. The molecule has 2 aliphatic heterocycles. The normalized spacial score (nSPS) is 25.6. The summed E-state index contributed by atoms with van der Waals surface area (Å²) in [6.45, 7) is 9.20. The summed E-state index contributed by atoms with van der Waals surface area (Å²) in [7, 11) is 5.98. The first-order chi connectivity index (χ1) is 12.1. The molecule has 0 N–H and O–H groups in total. The van der Waals surface area contributed by atoms with Gasteiger partial charge in [0.2, 0.25) is 5.88 Å². The van der Waals surface area contributed by atoms with Crippen molar-refractivity contribution >= 4 is 0 Å². The zero-order valence-electron chi connectivity index (χ0n) is 15.9. The number of aromatic nitrogens is 1. The third kappa shape index (κ3) is 4.91. The average Bonchev–Trinajstić information content (AvgIpc) is 2.89. The van der Waals surface area contributed by atoms with Crippen LogP contribution in [0.5, 0.6) is 5.88 Å². The highest BCUT2D eigenvalue weighted by molar-refractivity contribution is 5.25. The quantitative estimate of drug-likeness (QED) is 0.769. The maximum Gasteiger partial charge on any atom is 0.217 e. The van der Waals surface area contributed by atoms with E-state index in [0.717, 1.165) is 63.9 Å². The molecule has 3 rings (SSSR count). The predicted molar refractivity (Wildman–Crippen MR) is 98.9 cm³/mol. The van der Waals surface area contributed by atoms with Crippen molar-refractivity contribution in [1.29, 1.82) is 0 Å². The molecule has 1 aromatic heterocycles. The largest absolute Gasteiger partial charge is 0.481 e. The Kier molecular flexibility index (Phi) is 6.28. The molecular formula is C19H32N4O2. The van der Waals surface area contributed by atoms with Gasteiger partial charge in [-0.1, -0.05) is 6.07 Å². The summed E-state index contributed by atoms with van der Waals surface area (Å²) in [5, 5.41) is 0. The molecule has 2 fully saturated rings. The molecule has 0 saturated carbocycles. The molecule has 0 unspecified atom stereocenters. The van der Waals surface area contributed by atoms with Crippen molar-refractivity contribution in [1.82, 2.24) is 19.7 Å². The fourth-order valence-electron chi connectivity index (χ4n) is 3.99. The number of rotatable bonds is 6. The average molecular weight is 348 g/mol. The molecule has 25 heavy (non-hydrogen) atoms. The van der Waals surface area contributed by atoms with E-state index in [0.29, 0.717) is 0 Å². The summed E-state index contributed by atoms with van der Waals surface area (Å²) in [4.78, 5) is 11.7. The lowest BCUT2D eigenvalue weighted by molar-refractivity contribution is 0.0707. The van der Waals surface area contributed by atoms with Crippen molar-refractivity contribution in [3.63, 3.8) is 0 Å². The molecule has 0 radical (unpaired) electrons. The van der Waals surface area contributed by atoms with Gasteiger partial charge in [0.15, 0.2) is 0 Å². The van der Waals surface area contributed by atoms with Crippen LogP contribution in [0.25, 0.3) is 0 Å². The van der Waals surface area contributed by atoms with E-state index in [1.165, 1.54) is 13.0 Å². The molecule has 0 aromatic carbocycles. The summed E-state index contributed by atoms with van der Waals surface area (Å²) in [6.07, 6.45) is 3.01. The van der Waals surface area contributed by atoms with E-state index in [2.05, 4.69) is 39.8 Å². The van der Waals surface area contributed by atoms with Gasteiger partial charge in [0, 0.05) is 56.4 Å². The lowest BCUT2D eigenvalue weighted by Gasteiger charge is -2.32. The van der Waals surface area contributed by atoms with E-state index in [-0.39, 0.29) is 5.41 Å². The van der Waals surface area contributed by atoms with E-state index < -0.39 is 0 Å². The van der Waals surface area contributed by atoms with Gasteiger partial charge in [0.25, 0.3) is 0 Å². The van der Waals surface area contributed by atoms with Gasteiger partial charge in [-0.15, -0.1) is 0 Å². The fraction of sp³-hybridized carbons (Fsp3) is 0.737. The van der Waals surface area contributed by atoms with Crippen LogP contribution in [0.3, 0.4) is 0 Å². The first kappa shape index (κ1) is 18.6. The second kappa shape index (κ2) is 8.45. The molecule has 1 spiro atoms. The van der Waals surface area contributed by atoms with Gasteiger partial charge >= 0.3 is 0 Å². The molecule has 2 aliphatic rings. The third-order valence-electron chi connectivity index (χ3n) is 5.34. The van der Waals surface area contributed by atoms with Gasteiger partial charge in [-0.25, -0.2) is 4.98 Å². The Morgan fingerprint density at radius 2 is 2.12 bits per heavy atom. The molecule has 0 bridgehead atoms. The van der Waals surface area contributed by atoms with Crippen LogP contribution in [0.4, 0.5) is 0 Å². The molecule has 2 saturated heterocycles. The highest BCUT2D eigenvalue weighted by Gasteiger charge is 2.40. The summed E-state index contributed by atoms with van der Waals surface area (Å²) in [6, 6.07) is 4.10. The van der Waals surface area contributed by atoms with Crippen molar-refractivity contribution < 1.29 is 9.47 Å². The Morgan fingerprint density at radius 1 is 1.28 bits per heavy atom. The van der Waals surface area contributed by atoms with E-state index in [4.69, 9.17) is 9.47 Å². The topological polar surface area (TPSA) is 41.1 Å². The van der Waals surface area contributed by atoms with Gasteiger partial charge in [-0.3, -0.25) is 4.90 Å². The van der Waals surface area contributed by atoms with Crippen molar-refractivity contribution in [2.75, 3.05) is 73.7 Å². The number of pyridine rings is 1. The molecule has 0 amide bonds. The van der Waals surface area contributed by atoms with E-state index >= 15 is 0 Å². The van der Waals surface area contributed by atoms with Crippen LogP contribution < -0.4 is 4.74 Å².